The van der Waals surface area contributed by atoms with Crippen LogP contribution in [0.25, 0.3) is 0 Å². The van der Waals surface area contributed by atoms with Crippen LogP contribution >= 0.6 is 31.9 Å². The second-order valence-corrected chi connectivity index (χ2v) is 3.89. The van der Waals surface area contributed by atoms with Crippen molar-refractivity contribution in [3.05, 3.63) is 20.8 Å². The van der Waals surface area contributed by atoms with Crippen molar-refractivity contribution < 1.29 is 9.53 Å². The molecule has 0 spiro atoms. The van der Waals surface area contributed by atoms with Gasteiger partial charge in [0.1, 0.15) is 5.69 Å². The molecule has 0 fully saturated rings. The summed E-state index contributed by atoms with van der Waals surface area (Å²) >= 11 is 6.56. The highest BCUT2D eigenvalue weighted by atomic mass is 79.9. The van der Waals surface area contributed by atoms with Crippen molar-refractivity contribution in [2.45, 2.75) is 0 Å². The van der Waals surface area contributed by atoms with Gasteiger partial charge in [-0.1, -0.05) is 0 Å². The molecule has 12 heavy (non-hydrogen) atoms. The summed E-state index contributed by atoms with van der Waals surface area (Å²) in [5, 5.41) is 0. The van der Waals surface area contributed by atoms with Gasteiger partial charge in [0.25, 0.3) is 0 Å². The third kappa shape index (κ3) is 1.56. The van der Waals surface area contributed by atoms with E-state index >= 15 is 0 Å². The van der Waals surface area contributed by atoms with Crippen LogP contribution in [0, 0.1) is 0 Å². The Morgan fingerprint density at radius 3 is 2.50 bits per heavy atom. The predicted octanol–water partition coefficient (Wildman–Crippen LogP) is 2.34. The third-order valence-electron chi connectivity index (χ3n) is 1.46. The molecule has 0 N–H and O–H groups in total. The Hall–Kier alpha value is -0.290. The molecular formula is C7H7Br2NO2. The summed E-state index contributed by atoms with van der Waals surface area (Å²) in [6.07, 6.45) is 1.79. The van der Waals surface area contributed by atoms with Crippen LogP contribution in [0.1, 0.15) is 10.5 Å². The van der Waals surface area contributed by atoms with Gasteiger partial charge in [-0.05, 0) is 31.9 Å². The van der Waals surface area contributed by atoms with E-state index in [0.29, 0.717) is 5.69 Å². The molecule has 0 saturated heterocycles. The number of aryl methyl sites for hydroxylation is 1. The first kappa shape index (κ1) is 9.80. The minimum absolute atomic E-state index is 0.352. The fourth-order valence-corrected chi connectivity index (χ4v) is 1.93. The second-order valence-electron chi connectivity index (χ2n) is 2.24. The number of carbonyl (C=O) groups is 1. The Bertz CT molecular complexity index is 319. The van der Waals surface area contributed by atoms with Gasteiger partial charge < -0.3 is 9.30 Å². The average Bonchev–Trinajstić information content (AvgIpc) is 2.26. The lowest BCUT2D eigenvalue weighted by Crippen LogP contribution is -2.07. The number of aromatic nitrogens is 1. The Morgan fingerprint density at radius 1 is 1.58 bits per heavy atom. The largest absolute Gasteiger partial charge is 0.464 e. The summed E-state index contributed by atoms with van der Waals surface area (Å²) in [6, 6.07) is 0. The molecule has 0 atom stereocenters. The zero-order chi connectivity index (χ0) is 9.30. The van der Waals surface area contributed by atoms with Crippen LogP contribution in [0.5, 0.6) is 0 Å². The van der Waals surface area contributed by atoms with Crippen molar-refractivity contribution in [1.29, 1.82) is 0 Å². The van der Waals surface area contributed by atoms with E-state index in [9.17, 15) is 4.79 Å². The Kier molecular flexibility index (Phi) is 2.95. The van der Waals surface area contributed by atoms with Crippen molar-refractivity contribution in [3.8, 4) is 0 Å². The number of ether oxygens (including phenoxy) is 1. The molecule has 1 aromatic heterocycles. The molecule has 0 unspecified atom stereocenters. The van der Waals surface area contributed by atoms with Gasteiger partial charge in [0.15, 0.2) is 0 Å². The van der Waals surface area contributed by atoms with Crippen LogP contribution in [-0.2, 0) is 11.8 Å². The number of esters is 1. The van der Waals surface area contributed by atoms with Gasteiger partial charge in [-0.2, -0.15) is 0 Å². The summed E-state index contributed by atoms with van der Waals surface area (Å²) < 4.78 is 7.85. The van der Waals surface area contributed by atoms with Gasteiger partial charge in [0.2, 0.25) is 0 Å². The summed E-state index contributed by atoms with van der Waals surface area (Å²) in [5.41, 5.74) is 0.504. The van der Waals surface area contributed by atoms with Crippen molar-refractivity contribution in [3.63, 3.8) is 0 Å². The smallest absolute Gasteiger partial charge is 0.355 e. The molecule has 66 valence electrons. The third-order valence-corrected chi connectivity index (χ3v) is 3.39. The van der Waals surface area contributed by atoms with Crippen molar-refractivity contribution in [2.24, 2.45) is 7.05 Å². The second kappa shape index (κ2) is 3.62. The van der Waals surface area contributed by atoms with Crippen molar-refractivity contribution in [2.75, 3.05) is 7.11 Å². The Balaban J connectivity index is 3.22. The number of hydrogen-bond acceptors (Lipinski definition) is 2. The fraction of sp³-hybridized carbons (Fsp3) is 0.286. The molecule has 0 aliphatic rings. The molecule has 0 aliphatic heterocycles. The number of carbonyl (C=O) groups excluding carboxylic acids is 1. The first-order chi connectivity index (χ1) is 5.57. The Labute approximate surface area is 87.0 Å². The molecule has 0 radical (unpaired) electrons. The minimum Gasteiger partial charge on any atom is -0.464 e. The zero-order valence-corrected chi connectivity index (χ0v) is 9.77. The van der Waals surface area contributed by atoms with E-state index in [2.05, 4.69) is 36.6 Å². The van der Waals surface area contributed by atoms with Crippen LogP contribution < -0.4 is 0 Å². The van der Waals surface area contributed by atoms with Crippen LogP contribution in [0.4, 0.5) is 0 Å². The predicted molar refractivity (Wildman–Crippen MR) is 52.2 cm³/mol. The van der Waals surface area contributed by atoms with E-state index in [1.807, 2.05) is 0 Å². The molecule has 3 nitrogen and oxygen atoms in total. The highest BCUT2D eigenvalue weighted by molar-refractivity contribution is 9.13. The molecule has 0 amide bonds. The van der Waals surface area contributed by atoms with Gasteiger partial charge in [0.05, 0.1) is 16.1 Å². The van der Waals surface area contributed by atoms with Crippen LogP contribution in [0.2, 0.25) is 0 Å². The molecule has 1 heterocycles. The molecule has 1 aromatic rings. The standard InChI is InChI=1S/C7H7Br2NO2/c1-10-3-4(8)5(9)6(10)7(11)12-2/h3H,1-2H3. The summed E-state index contributed by atoms with van der Waals surface area (Å²) in [5.74, 6) is -0.352. The van der Waals surface area contributed by atoms with E-state index in [-0.39, 0.29) is 5.97 Å². The molecule has 0 aromatic carbocycles. The average molecular weight is 297 g/mol. The summed E-state index contributed by atoms with van der Waals surface area (Å²) in [7, 11) is 3.14. The van der Waals surface area contributed by atoms with E-state index in [1.54, 1.807) is 17.8 Å². The Morgan fingerprint density at radius 2 is 2.17 bits per heavy atom. The van der Waals surface area contributed by atoms with Crippen molar-refractivity contribution in [1.82, 2.24) is 4.57 Å². The van der Waals surface area contributed by atoms with Crippen molar-refractivity contribution >= 4 is 37.8 Å². The maximum absolute atomic E-state index is 11.2. The number of hydrogen-bond donors (Lipinski definition) is 0. The van der Waals surface area contributed by atoms with Crippen LogP contribution in [0.3, 0.4) is 0 Å². The van der Waals surface area contributed by atoms with E-state index in [4.69, 9.17) is 0 Å². The zero-order valence-electron chi connectivity index (χ0n) is 6.60. The normalized spacial score (nSPS) is 10.0. The summed E-state index contributed by atoms with van der Waals surface area (Å²) in [4.78, 5) is 11.2. The molecule has 5 heteroatoms. The van der Waals surface area contributed by atoms with E-state index in [1.165, 1.54) is 7.11 Å². The molecule has 1 rings (SSSR count). The lowest BCUT2D eigenvalue weighted by molar-refractivity contribution is 0.0589. The number of nitrogens with zero attached hydrogens (tertiary/aromatic N) is 1. The molecule has 0 saturated carbocycles. The number of methoxy groups -OCH3 is 1. The summed E-state index contributed by atoms with van der Waals surface area (Å²) in [6.45, 7) is 0. The first-order valence-corrected chi connectivity index (χ1v) is 4.75. The lowest BCUT2D eigenvalue weighted by atomic mass is 10.4. The molecule has 0 bridgehead atoms. The van der Waals surface area contributed by atoms with Crippen LogP contribution in [-0.4, -0.2) is 17.6 Å². The molecule has 0 aliphatic carbocycles. The highest BCUT2D eigenvalue weighted by Crippen LogP contribution is 2.28. The number of rotatable bonds is 1. The SMILES string of the molecule is COC(=O)c1c(Br)c(Br)cn1C. The van der Waals surface area contributed by atoms with E-state index < -0.39 is 0 Å². The lowest BCUT2D eigenvalue weighted by Gasteiger charge is -2.00. The topological polar surface area (TPSA) is 31.2 Å². The maximum Gasteiger partial charge on any atom is 0.355 e. The van der Waals surface area contributed by atoms with Gasteiger partial charge in [-0.15, -0.1) is 0 Å². The minimum atomic E-state index is -0.352. The van der Waals surface area contributed by atoms with Gasteiger partial charge in [-0.3, -0.25) is 0 Å². The first-order valence-electron chi connectivity index (χ1n) is 3.16. The molecular weight excluding hydrogens is 290 g/mol. The van der Waals surface area contributed by atoms with Gasteiger partial charge in [0, 0.05) is 13.2 Å². The quantitative estimate of drug-likeness (QED) is 0.745. The monoisotopic (exact) mass is 295 g/mol. The highest BCUT2D eigenvalue weighted by Gasteiger charge is 2.17. The maximum atomic E-state index is 11.2. The number of halogens is 2. The fourth-order valence-electron chi connectivity index (χ4n) is 0.889. The van der Waals surface area contributed by atoms with Gasteiger partial charge in [-0.25, -0.2) is 4.79 Å². The van der Waals surface area contributed by atoms with E-state index in [0.717, 1.165) is 8.95 Å². The van der Waals surface area contributed by atoms with Crippen LogP contribution in [0.15, 0.2) is 15.1 Å². The van der Waals surface area contributed by atoms with Gasteiger partial charge >= 0.3 is 5.97 Å².